The van der Waals surface area contributed by atoms with E-state index in [1.165, 1.54) is 12.1 Å². The monoisotopic (exact) mass is 294 g/mol. The smallest absolute Gasteiger partial charge is 0.124 e. The van der Waals surface area contributed by atoms with Gasteiger partial charge in [0.2, 0.25) is 0 Å². The average molecular weight is 294 g/mol. The average Bonchev–Trinajstić information content (AvgIpc) is 2.84. The van der Waals surface area contributed by atoms with Gasteiger partial charge in [0, 0.05) is 12.6 Å². The Morgan fingerprint density at radius 3 is 2.70 bits per heavy atom. The van der Waals surface area contributed by atoms with E-state index in [0.717, 1.165) is 24.9 Å². The van der Waals surface area contributed by atoms with Gasteiger partial charge in [-0.05, 0) is 57.4 Å². The van der Waals surface area contributed by atoms with E-state index < -0.39 is 16.8 Å². The minimum Gasteiger partial charge on any atom is -0.242 e. The summed E-state index contributed by atoms with van der Waals surface area (Å²) in [5, 5.41) is 8.94. The third-order valence-corrected chi connectivity index (χ3v) is 5.29. The van der Waals surface area contributed by atoms with Crippen molar-refractivity contribution < 1.29 is 8.60 Å². The van der Waals surface area contributed by atoms with Crippen LogP contribution < -0.4 is 0 Å². The quantitative estimate of drug-likeness (QED) is 0.840. The van der Waals surface area contributed by atoms with Gasteiger partial charge in [-0.2, -0.15) is 5.26 Å². The summed E-state index contributed by atoms with van der Waals surface area (Å²) in [6.07, 6.45) is 1.78. The molecule has 5 heteroatoms. The lowest BCUT2D eigenvalue weighted by Crippen LogP contribution is -2.37. The first kappa shape index (κ1) is 15.1. The Hall–Kier alpha value is -1.25. The van der Waals surface area contributed by atoms with Crippen LogP contribution in [0.5, 0.6) is 0 Å². The Bertz CT molecular complexity index is 574. The molecular weight excluding hydrogens is 275 g/mol. The van der Waals surface area contributed by atoms with E-state index in [0.29, 0.717) is 5.56 Å². The largest absolute Gasteiger partial charge is 0.242 e. The van der Waals surface area contributed by atoms with Gasteiger partial charge in [0.25, 0.3) is 0 Å². The maximum atomic E-state index is 13.6. The topological polar surface area (TPSA) is 44.1 Å². The summed E-state index contributed by atoms with van der Waals surface area (Å²) in [6.45, 7) is 6.55. The zero-order chi connectivity index (χ0) is 14.9. The van der Waals surface area contributed by atoms with Crippen molar-refractivity contribution in [2.24, 2.45) is 0 Å². The molecule has 1 aromatic carbocycles. The van der Waals surface area contributed by atoms with Crippen molar-refractivity contribution in [3.63, 3.8) is 0 Å². The van der Waals surface area contributed by atoms with Crippen LogP contribution in [0.1, 0.15) is 50.8 Å². The Balaban J connectivity index is 2.35. The molecule has 1 aliphatic heterocycles. The van der Waals surface area contributed by atoms with Crippen LogP contribution in [0.3, 0.4) is 0 Å². The predicted molar refractivity (Wildman–Crippen MR) is 77.7 cm³/mol. The molecule has 0 N–H and O–H groups in total. The van der Waals surface area contributed by atoms with E-state index >= 15 is 0 Å². The fraction of sp³-hybridized carbons (Fsp3) is 0.533. The Kier molecular flexibility index (Phi) is 4.26. The molecular formula is C15H19FN2OS. The van der Waals surface area contributed by atoms with Gasteiger partial charge >= 0.3 is 0 Å². The number of rotatable bonds is 2. The van der Waals surface area contributed by atoms with Crippen LogP contribution in [0.25, 0.3) is 0 Å². The molecule has 1 heterocycles. The normalized spacial score (nSPS) is 21.6. The van der Waals surface area contributed by atoms with Gasteiger partial charge in [0.15, 0.2) is 0 Å². The number of nitriles is 1. The SMILES string of the molecule is CC(C)(C)S(=O)N1CCCC1c1cc(F)cc(C#N)c1. The lowest BCUT2D eigenvalue weighted by Gasteiger charge is -2.30. The van der Waals surface area contributed by atoms with Gasteiger partial charge in [-0.15, -0.1) is 0 Å². The van der Waals surface area contributed by atoms with Crippen molar-refractivity contribution in [1.82, 2.24) is 4.31 Å². The molecule has 0 aliphatic carbocycles. The summed E-state index contributed by atoms with van der Waals surface area (Å²) in [5.41, 5.74) is 1.06. The summed E-state index contributed by atoms with van der Waals surface area (Å²) in [6, 6.07) is 6.27. The van der Waals surface area contributed by atoms with Crippen molar-refractivity contribution in [2.45, 2.75) is 44.4 Å². The van der Waals surface area contributed by atoms with Gasteiger partial charge < -0.3 is 0 Å². The van der Waals surface area contributed by atoms with Gasteiger partial charge in [-0.3, -0.25) is 0 Å². The van der Waals surface area contributed by atoms with Crippen LogP contribution in [-0.2, 0) is 11.0 Å². The Labute approximate surface area is 122 Å². The fourth-order valence-electron chi connectivity index (χ4n) is 2.49. The van der Waals surface area contributed by atoms with E-state index in [1.807, 2.05) is 31.1 Å². The summed E-state index contributed by atoms with van der Waals surface area (Å²) in [5.74, 6) is -0.410. The second kappa shape index (κ2) is 5.63. The third kappa shape index (κ3) is 3.08. The zero-order valence-corrected chi connectivity index (χ0v) is 12.8. The molecule has 0 saturated carbocycles. The molecule has 1 aliphatic rings. The lowest BCUT2D eigenvalue weighted by atomic mass is 10.0. The molecule has 3 nitrogen and oxygen atoms in total. The minimum absolute atomic E-state index is 0.0714. The minimum atomic E-state index is -1.13. The first-order valence-corrected chi connectivity index (χ1v) is 7.83. The van der Waals surface area contributed by atoms with Crippen molar-refractivity contribution >= 4 is 11.0 Å². The maximum absolute atomic E-state index is 13.6. The molecule has 0 bridgehead atoms. The molecule has 1 fully saturated rings. The van der Waals surface area contributed by atoms with Gasteiger partial charge in [0.1, 0.15) is 16.8 Å². The van der Waals surface area contributed by atoms with Crippen LogP contribution in [0.2, 0.25) is 0 Å². The van der Waals surface area contributed by atoms with E-state index in [9.17, 15) is 8.60 Å². The molecule has 2 atom stereocenters. The molecule has 1 aromatic rings. The van der Waals surface area contributed by atoms with E-state index in [4.69, 9.17) is 5.26 Å². The molecule has 1 saturated heterocycles. The number of nitrogens with zero attached hydrogens (tertiary/aromatic N) is 2. The third-order valence-electron chi connectivity index (χ3n) is 3.37. The van der Waals surface area contributed by atoms with Crippen LogP contribution in [0.15, 0.2) is 18.2 Å². The standard InChI is InChI=1S/C15H19FN2OS/c1-15(2,3)20(19)18-6-4-5-14(18)12-7-11(10-17)8-13(16)9-12/h7-9,14H,4-6H2,1-3H3. The fourth-order valence-corrected chi connectivity index (χ4v) is 3.95. The van der Waals surface area contributed by atoms with Crippen LogP contribution in [-0.4, -0.2) is 19.8 Å². The highest BCUT2D eigenvalue weighted by Gasteiger charge is 2.35. The van der Waals surface area contributed by atoms with Crippen molar-refractivity contribution in [3.05, 3.63) is 35.1 Å². The number of halogens is 1. The highest BCUT2D eigenvalue weighted by molar-refractivity contribution is 7.84. The predicted octanol–water partition coefficient (Wildman–Crippen LogP) is 3.30. The van der Waals surface area contributed by atoms with Gasteiger partial charge in [-0.25, -0.2) is 12.9 Å². The molecule has 0 radical (unpaired) electrons. The van der Waals surface area contributed by atoms with Crippen molar-refractivity contribution in [1.29, 1.82) is 5.26 Å². The van der Waals surface area contributed by atoms with Crippen LogP contribution in [0, 0.1) is 17.1 Å². The molecule has 2 rings (SSSR count). The molecule has 0 amide bonds. The maximum Gasteiger partial charge on any atom is 0.124 e. The van der Waals surface area contributed by atoms with Gasteiger partial charge in [-0.1, -0.05) is 0 Å². The first-order chi connectivity index (χ1) is 9.32. The first-order valence-electron chi connectivity index (χ1n) is 6.72. The van der Waals surface area contributed by atoms with E-state index in [1.54, 1.807) is 6.07 Å². The number of hydrogen-bond acceptors (Lipinski definition) is 2. The van der Waals surface area contributed by atoms with E-state index in [-0.39, 0.29) is 10.8 Å². The van der Waals surface area contributed by atoms with Crippen molar-refractivity contribution in [3.8, 4) is 6.07 Å². The number of hydrogen-bond donors (Lipinski definition) is 0. The number of benzene rings is 1. The van der Waals surface area contributed by atoms with Crippen LogP contribution in [0.4, 0.5) is 4.39 Å². The Morgan fingerprint density at radius 2 is 2.10 bits per heavy atom. The van der Waals surface area contributed by atoms with Gasteiger partial charge in [0.05, 0.1) is 16.4 Å². The summed E-state index contributed by atoms with van der Waals surface area (Å²) in [4.78, 5) is 0. The van der Waals surface area contributed by atoms with Crippen molar-refractivity contribution in [2.75, 3.05) is 6.54 Å². The summed E-state index contributed by atoms with van der Waals surface area (Å²) in [7, 11) is -1.13. The zero-order valence-electron chi connectivity index (χ0n) is 12.0. The molecule has 0 aromatic heterocycles. The Morgan fingerprint density at radius 1 is 1.40 bits per heavy atom. The molecule has 108 valence electrons. The second-order valence-corrected chi connectivity index (χ2v) is 8.24. The summed E-state index contributed by atoms with van der Waals surface area (Å²) < 4.78 is 27.7. The summed E-state index contributed by atoms with van der Waals surface area (Å²) >= 11 is 0. The highest BCUT2D eigenvalue weighted by Crippen LogP contribution is 2.36. The molecule has 20 heavy (non-hydrogen) atoms. The van der Waals surface area contributed by atoms with Crippen LogP contribution >= 0.6 is 0 Å². The second-order valence-electron chi connectivity index (χ2n) is 6.05. The highest BCUT2D eigenvalue weighted by atomic mass is 32.2. The molecule has 2 unspecified atom stereocenters. The molecule has 0 spiro atoms. The van der Waals surface area contributed by atoms with E-state index in [2.05, 4.69) is 0 Å². The lowest BCUT2D eigenvalue weighted by molar-refractivity contribution is 0.414.